The van der Waals surface area contributed by atoms with E-state index in [1.807, 2.05) is 6.26 Å². The highest BCUT2D eigenvalue weighted by molar-refractivity contribution is 7.98. The molecule has 0 saturated heterocycles. The zero-order chi connectivity index (χ0) is 15.1. The predicted molar refractivity (Wildman–Crippen MR) is 79.3 cm³/mol. The molecule has 1 aromatic carbocycles. The van der Waals surface area contributed by atoms with Crippen molar-refractivity contribution in [1.29, 1.82) is 0 Å². The molecular weight excluding hydrogens is 282 g/mol. The number of benzene rings is 1. The molecule has 0 saturated carbocycles. The predicted octanol–water partition coefficient (Wildman–Crippen LogP) is 1.62. The Morgan fingerprint density at radius 3 is 2.85 bits per heavy atom. The fraction of sp³-hybridized carbons (Fsp3) is 0.417. The van der Waals surface area contributed by atoms with E-state index in [-0.39, 0.29) is 11.4 Å². The first-order valence-corrected chi connectivity index (χ1v) is 7.26. The van der Waals surface area contributed by atoms with Crippen LogP contribution in [-0.2, 0) is 4.79 Å². The molecule has 1 atom stereocenters. The summed E-state index contributed by atoms with van der Waals surface area (Å²) in [6, 6.07) is 3.33. The van der Waals surface area contributed by atoms with Gasteiger partial charge in [-0.25, -0.2) is 0 Å². The molecule has 1 aromatic rings. The second-order valence-electron chi connectivity index (χ2n) is 4.02. The van der Waals surface area contributed by atoms with Crippen molar-refractivity contribution >= 4 is 29.0 Å². The van der Waals surface area contributed by atoms with E-state index < -0.39 is 16.9 Å². The van der Waals surface area contributed by atoms with Crippen LogP contribution in [0, 0.1) is 10.1 Å². The van der Waals surface area contributed by atoms with Gasteiger partial charge in [0.2, 0.25) is 5.91 Å². The van der Waals surface area contributed by atoms with Gasteiger partial charge in [-0.3, -0.25) is 14.9 Å². The number of nitrogens with two attached hydrogens (primary N) is 1. The highest BCUT2D eigenvalue weighted by atomic mass is 32.2. The Labute approximate surface area is 121 Å². The van der Waals surface area contributed by atoms with E-state index in [9.17, 15) is 14.9 Å². The zero-order valence-electron chi connectivity index (χ0n) is 11.3. The molecule has 0 spiro atoms. The van der Waals surface area contributed by atoms with E-state index in [4.69, 9.17) is 10.5 Å². The van der Waals surface area contributed by atoms with Crippen molar-refractivity contribution in [2.24, 2.45) is 5.73 Å². The first kappa shape index (κ1) is 16.3. The smallest absolute Gasteiger partial charge is 0.271 e. The van der Waals surface area contributed by atoms with Crippen LogP contribution < -0.4 is 15.8 Å². The summed E-state index contributed by atoms with van der Waals surface area (Å²) in [7, 11) is 1.42. The quantitative estimate of drug-likeness (QED) is 0.585. The summed E-state index contributed by atoms with van der Waals surface area (Å²) in [6.45, 7) is 0. The summed E-state index contributed by atoms with van der Waals surface area (Å²) in [5.74, 6) is 0.722. The zero-order valence-corrected chi connectivity index (χ0v) is 12.1. The van der Waals surface area contributed by atoms with Gasteiger partial charge >= 0.3 is 0 Å². The van der Waals surface area contributed by atoms with Gasteiger partial charge < -0.3 is 15.8 Å². The van der Waals surface area contributed by atoms with Crippen molar-refractivity contribution < 1.29 is 14.5 Å². The first-order chi connectivity index (χ1) is 9.49. The number of carbonyl (C=O) groups excluding carboxylic acids is 1. The van der Waals surface area contributed by atoms with Crippen molar-refractivity contribution in [3.05, 3.63) is 28.3 Å². The van der Waals surface area contributed by atoms with Crippen LogP contribution in [0.1, 0.15) is 6.42 Å². The fourth-order valence-electron chi connectivity index (χ4n) is 1.51. The van der Waals surface area contributed by atoms with E-state index in [2.05, 4.69) is 5.32 Å². The minimum atomic E-state index is -0.661. The highest BCUT2D eigenvalue weighted by Crippen LogP contribution is 2.28. The molecule has 8 heteroatoms. The summed E-state index contributed by atoms with van der Waals surface area (Å²) in [4.78, 5) is 22.1. The van der Waals surface area contributed by atoms with Gasteiger partial charge in [0, 0.05) is 12.1 Å². The lowest BCUT2D eigenvalue weighted by Gasteiger charge is -2.13. The van der Waals surface area contributed by atoms with Crippen LogP contribution >= 0.6 is 11.8 Å². The number of nitro groups is 1. The van der Waals surface area contributed by atoms with E-state index in [1.165, 1.54) is 25.3 Å². The molecule has 20 heavy (non-hydrogen) atoms. The van der Waals surface area contributed by atoms with Gasteiger partial charge in [-0.05, 0) is 24.5 Å². The molecule has 0 aliphatic heterocycles. The number of nitrogens with one attached hydrogen (secondary N) is 1. The average molecular weight is 299 g/mol. The molecule has 0 bridgehead atoms. The summed E-state index contributed by atoms with van der Waals surface area (Å²) in [6.07, 6.45) is 2.46. The Balaban J connectivity index is 2.86. The summed E-state index contributed by atoms with van der Waals surface area (Å²) < 4.78 is 5.06. The minimum absolute atomic E-state index is 0.126. The number of anilines is 1. The Kier molecular flexibility index (Phi) is 6.26. The number of thioether (sulfide) groups is 1. The molecule has 1 amide bonds. The maximum Gasteiger partial charge on any atom is 0.271 e. The summed E-state index contributed by atoms with van der Waals surface area (Å²) >= 11 is 1.59. The van der Waals surface area contributed by atoms with Crippen LogP contribution in [0.2, 0.25) is 0 Å². The minimum Gasteiger partial charge on any atom is -0.495 e. The molecule has 0 aliphatic rings. The average Bonchev–Trinajstić information content (AvgIpc) is 2.44. The van der Waals surface area contributed by atoms with E-state index >= 15 is 0 Å². The monoisotopic (exact) mass is 299 g/mol. The van der Waals surface area contributed by atoms with Crippen molar-refractivity contribution in [3.8, 4) is 5.75 Å². The second kappa shape index (κ2) is 7.71. The van der Waals surface area contributed by atoms with Crippen LogP contribution in [0.25, 0.3) is 0 Å². The molecule has 3 N–H and O–H groups in total. The molecule has 0 fully saturated rings. The number of rotatable bonds is 7. The lowest BCUT2D eigenvalue weighted by atomic mass is 10.2. The molecular formula is C12H17N3O4S. The van der Waals surface area contributed by atoms with Crippen molar-refractivity contribution in [2.75, 3.05) is 24.4 Å². The van der Waals surface area contributed by atoms with E-state index in [0.717, 1.165) is 5.75 Å². The number of amides is 1. The molecule has 1 rings (SSSR count). The standard InChI is InChI=1S/C12H17N3O4S/c1-19-11-4-3-8(15(17)18)7-10(11)14-12(16)9(13)5-6-20-2/h3-4,7,9H,5-6,13H2,1-2H3,(H,14,16)/t9-/m0/s1. The van der Waals surface area contributed by atoms with Crippen molar-refractivity contribution in [2.45, 2.75) is 12.5 Å². The van der Waals surface area contributed by atoms with Gasteiger partial charge in [-0.2, -0.15) is 11.8 Å². The molecule has 0 unspecified atom stereocenters. The van der Waals surface area contributed by atoms with Crippen LogP contribution in [0.15, 0.2) is 18.2 Å². The number of carbonyl (C=O) groups is 1. The first-order valence-electron chi connectivity index (χ1n) is 5.87. The fourth-order valence-corrected chi connectivity index (χ4v) is 2.00. The van der Waals surface area contributed by atoms with Gasteiger partial charge in [0.25, 0.3) is 5.69 Å². The van der Waals surface area contributed by atoms with Crippen LogP contribution in [0.4, 0.5) is 11.4 Å². The number of methoxy groups -OCH3 is 1. The number of hydrogen-bond acceptors (Lipinski definition) is 6. The van der Waals surface area contributed by atoms with Crippen LogP contribution in [0.5, 0.6) is 5.75 Å². The number of nitrogens with zero attached hydrogens (tertiary/aromatic N) is 1. The number of nitro benzene ring substituents is 1. The molecule has 0 aromatic heterocycles. The Morgan fingerprint density at radius 1 is 1.60 bits per heavy atom. The van der Waals surface area contributed by atoms with Gasteiger partial charge in [0.05, 0.1) is 23.8 Å². The lowest BCUT2D eigenvalue weighted by Crippen LogP contribution is -2.36. The molecule has 7 nitrogen and oxygen atoms in total. The highest BCUT2D eigenvalue weighted by Gasteiger charge is 2.17. The Hall–Kier alpha value is -1.80. The van der Waals surface area contributed by atoms with Crippen LogP contribution in [0.3, 0.4) is 0 Å². The number of ether oxygens (including phenoxy) is 1. The third-order valence-electron chi connectivity index (χ3n) is 2.62. The van der Waals surface area contributed by atoms with Crippen molar-refractivity contribution in [1.82, 2.24) is 0 Å². The number of non-ortho nitro benzene ring substituents is 1. The second-order valence-corrected chi connectivity index (χ2v) is 5.00. The normalized spacial score (nSPS) is 11.8. The van der Waals surface area contributed by atoms with Gasteiger partial charge in [0.1, 0.15) is 5.75 Å². The topological polar surface area (TPSA) is 107 Å². The van der Waals surface area contributed by atoms with Gasteiger partial charge in [-0.15, -0.1) is 0 Å². The third-order valence-corrected chi connectivity index (χ3v) is 3.27. The Morgan fingerprint density at radius 2 is 2.30 bits per heavy atom. The summed E-state index contributed by atoms with van der Waals surface area (Å²) in [5.41, 5.74) is 5.86. The van der Waals surface area contributed by atoms with E-state index in [0.29, 0.717) is 12.2 Å². The molecule has 0 radical (unpaired) electrons. The van der Waals surface area contributed by atoms with Crippen molar-refractivity contribution in [3.63, 3.8) is 0 Å². The molecule has 0 aliphatic carbocycles. The maximum absolute atomic E-state index is 11.9. The van der Waals surface area contributed by atoms with Crippen LogP contribution in [-0.4, -0.2) is 36.0 Å². The maximum atomic E-state index is 11.9. The Bertz CT molecular complexity index is 496. The number of hydrogen-bond donors (Lipinski definition) is 2. The molecule has 0 heterocycles. The van der Waals surface area contributed by atoms with Gasteiger partial charge in [-0.1, -0.05) is 0 Å². The van der Waals surface area contributed by atoms with E-state index in [1.54, 1.807) is 11.8 Å². The lowest BCUT2D eigenvalue weighted by molar-refractivity contribution is -0.384. The third kappa shape index (κ3) is 4.39. The molecule has 110 valence electrons. The SMILES string of the molecule is COc1ccc([N+](=O)[O-])cc1NC(=O)[C@@H](N)CCSC. The largest absolute Gasteiger partial charge is 0.495 e. The van der Waals surface area contributed by atoms with Gasteiger partial charge in [0.15, 0.2) is 0 Å². The summed E-state index contributed by atoms with van der Waals surface area (Å²) in [5, 5.41) is 13.3.